The van der Waals surface area contributed by atoms with E-state index in [1.54, 1.807) is 0 Å². The zero-order chi connectivity index (χ0) is 17.3. The predicted molar refractivity (Wildman–Crippen MR) is 71.7 cm³/mol. The van der Waals surface area contributed by atoms with E-state index in [1.807, 2.05) is 5.32 Å². The Labute approximate surface area is 128 Å². The molecular weight excluding hydrogens is 330 g/mol. The third-order valence-corrected chi connectivity index (χ3v) is 2.58. The topological polar surface area (TPSA) is 55.4 Å². The van der Waals surface area contributed by atoms with E-state index in [2.05, 4.69) is 0 Å². The first-order valence-electron chi connectivity index (χ1n) is 5.92. The molecule has 9 heteroatoms. The number of anilines is 1. The van der Waals surface area contributed by atoms with Gasteiger partial charge in [0, 0.05) is 0 Å². The van der Waals surface area contributed by atoms with Gasteiger partial charge in [0.15, 0.2) is 0 Å². The summed E-state index contributed by atoms with van der Waals surface area (Å²) < 4.78 is 55.9. The van der Waals surface area contributed by atoms with Crippen LogP contribution >= 0.6 is 11.6 Å². The number of benzene rings is 1. The van der Waals surface area contributed by atoms with Crippen LogP contribution in [-0.2, 0) is 4.74 Å². The molecule has 0 aliphatic carbocycles. The molecule has 0 saturated carbocycles. The summed E-state index contributed by atoms with van der Waals surface area (Å²) in [5, 5.41) is 0.923. The maximum absolute atomic E-state index is 13.3. The van der Waals surface area contributed by atoms with Gasteiger partial charge in [0.1, 0.15) is 11.4 Å². The van der Waals surface area contributed by atoms with Crippen molar-refractivity contribution in [2.45, 2.75) is 32.5 Å². The number of ether oxygens (including phenoxy) is 1. The maximum Gasteiger partial charge on any atom is 0.455 e. The van der Waals surface area contributed by atoms with Gasteiger partial charge in [-0.25, -0.2) is 9.18 Å². The minimum atomic E-state index is -5.28. The number of hydrogen-bond acceptors (Lipinski definition) is 3. The Morgan fingerprint density at radius 1 is 1.18 bits per heavy atom. The number of carbonyl (C=O) groups is 2. The minimum absolute atomic E-state index is 0.594. The number of alkyl halides is 3. The van der Waals surface area contributed by atoms with Crippen molar-refractivity contribution in [3.05, 3.63) is 28.5 Å². The molecule has 1 aromatic carbocycles. The van der Waals surface area contributed by atoms with E-state index in [0.29, 0.717) is 0 Å². The van der Waals surface area contributed by atoms with Crippen LogP contribution in [0, 0.1) is 5.82 Å². The maximum atomic E-state index is 13.3. The van der Waals surface area contributed by atoms with Crippen molar-refractivity contribution in [2.75, 3.05) is 5.32 Å². The first-order valence-corrected chi connectivity index (χ1v) is 6.30. The van der Waals surface area contributed by atoms with Crippen LogP contribution in [0.1, 0.15) is 31.1 Å². The highest BCUT2D eigenvalue weighted by Crippen LogP contribution is 2.33. The van der Waals surface area contributed by atoms with Crippen LogP contribution in [0.4, 0.5) is 28.0 Å². The van der Waals surface area contributed by atoms with Gasteiger partial charge in [-0.05, 0) is 32.9 Å². The average Bonchev–Trinajstić information content (AvgIpc) is 2.30. The molecule has 0 radical (unpaired) electrons. The van der Waals surface area contributed by atoms with E-state index in [0.717, 1.165) is 12.1 Å². The van der Waals surface area contributed by atoms with Gasteiger partial charge in [-0.1, -0.05) is 11.6 Å². The third-order valence-electron chi connectivity index (χ3n) is 2.21. The van der Waals surface area contributed by atoms with Gasteiger partial charge >= 0.3 is 12.3 Å². The van der Waals surface area contributed by atoms with Crippen molar-refractivity contribution in [3.63, 3.8) is 0 Å². The van der Waals surface area contributed by atoms with Gasteiger partial charge < -0.3 is 4.74 Å². The van der Waals surface area contributed by atoms with Crippen molar-refractivity contribution in [1.82, 2.24) is 0 Å². The lowest BCUT2D eigenvalue weighted by Crippen LogP contribution is -2.29. The molecule has 0 unspecified atom stereocenters. The third kappa shape index (κ3) is 4.59. The lowest BCUT2D eigenvalue weighted by molar-refractivity contribution is -0.0884. The fourth-order valence-electron chi connectivity index (χ4n) is 1.43. The Kier molecular flexibility index (Phi) is 5.06. The van der Waals surface area contributed by atoms with E-state index >= 15 is 0 Å². The first-order chi connectivity index (χ1) is 9.83. The fraction of sp³-hybridized carbons (Fsp3) is 0.385. The van der Waals surface area contributed by atoms with Crippen molar-refractivity contribution < 1.29 is 31.9 Å². The normalized spacial score (nSPS) is 12.0. The van der Waals surface area contributed by atoms with Gasteiger partial charge in [-0.2, -0.15) is 13.2 Å². The second kappa shape index (κ2) is 6.12. The average molecular weight is 342 g/mol. The van der Waals surface area contributed by atoms with Crippen LogP contribution in [0.5, 0.6) is 0 Å². The Balaban J connectivity index is 3.24. The molecule has 0 fully saturated rings. The van der Waals surface area contributed by atoms with Crippen molar-refractivity contribution >= 4 is 29.2 Å². The molecule has 1 amide bonds. The first kappa shape index (κ1) is 18.2. The molecule has 0 heterocycles. The predicted octanol–water partition coefficient (Wildman–Crippen LogP) is 4.57. The number of carbonyl (C=O) groups excluding carboxylic acids is 2. The van der Waals surface area contributed by atoms with Crippen LogP contribution in [0.3, 0.4) is 0 Å². The summed E-state index contributed by atoms with van der Waals surface area (Å²) in [6, 6.07) is 1.52. The lowest BCUT2D eigenvalue weighted by atomic mass is 10.1. The smallest absolute Gasteiger partial charge is 0.444 e. The molecule has 4 nitrogen and oxygen atoms in total. The quantitative estimate of drug-likeness (QED) is 0.633. The second-order valence-electron chi connectivity index (χ2n) is 5.24. The lowest BCUT2D eigenvalue weighted by Gasteiger charge is -2.20. The zero-order valence-electron chi connectivity index (χ0n) is 11.8. The van der Waals surface area contributed by atoms with E-state index < -0.39 is 45.7 Å². The summed E-state index contributed by atoms with van der Waals surface area (Å²) in [7, 11) is 0. The number of rotatable bonds is 2. The number of Topliss-reactive ketones (excluding diaryl/α,β-unsaturated/α-hetero) is 1. The van der Waals surface area contributed by atoms with Crippen molar-refractivity contribution in [2.24, 2.45) is 0 Å². The largest absolute Gasteiger partial charge is 0.455 e. The highest BCUT2D eigenvalue weighted by Gasteiger charge is 2.42. The molecule has 0 atom stereocenters. The molecule has 0 aromatic heterocycles. The standard InChI is InChI=1S/C13H12ClF4NO3/c1-12(2,3)22-11(21)19-7-5-4-6(15)9(14)8(7)10(20)13(16,17)18/h4-5H,1-3H3,(H,19,21). The van der Waals surface area contributed by atoms with Gasteiger partial charge in [0.25, 0.3) is 5.78 Å². The molecule has 22 heavy (non-hydrogen) atoms. The molecule has 0 saturated heterocycles. The zero-order valence-corrected chi connectivity index (χ0v) is 12.5. The highest BCUT2D eigenvalue weighted by atomic mass is 35.5. The Bertz CT molecular complexity index is 609. The molecule has 0 bridgehead atoms. The number of nitrogens with one attached hydrogen (secondary N) is 1. The Hall–Kier alpha value is -1.83. The van der Waals surface area contributed by atoms with Gasteiger partial charge in [0.05, 0.1) is 16.3 Å². The Morgan fingerprint density at radius 3 is 2.18 bits per heavy atom. The highest BCUT2D eigenvalue weighted by molar-refractivity contribution is 6.35. The Morgan fingerprint density at radius 2 is 1.73 bits per heavy atom. The summed E-state index contributed by atoms with van der Waals surface area (Å²) in [6.45, 7) is 4.60. The van der Waals surface area contributed by atoms with Crippen LogP contribution in [0.25, 0.3) is 0 Å². The summed E-state index contributed by atoms with van der Waals surface area (Å²) in [6.07, 6.45) is -6.38. The molecule has 0 spiro atoms. The van der Waals surface area contributed by atoms with E-state index in [4.69, 9.17) is 16.3 Å². The summed E-state index contributed by atoms with van der Waals surface area (Å²) in [5.41, 5.74) is -2.69. The molecule has 1 aromatic rings. The number of halogens is 5. The van der Waals surface area contributed by atoms with Gasteiger partial charge in [-0.15, -0.1) is 0 Å². The van der Waals surface area contributed by atoms with E-state index in [1.165, 1.54) is 20.8 Å². The number of ketones is 1. The van der Waals surface area contributed by atoms with Crippen LogP contribution in [0.2, 0.25) is 5.02 Å². The molecule has 122 valence electrons. The van der Waals surface area contributed by atoms with E-state index in [-0.39, 0.29) is 0 Å². The molecule has 0 aliphatic rings. The summed E-state index contributed by atoms with van der Waals surface area (Å²) in [5.74, 6) is -3.59. The summed E-state index contributed by atoms with van der Waals surface area (Å²) in [4.78, 5) is 22.9. The van der Waals surface area contributed by atoms with Crippen LogP contribution in [0.15, 0.2) is 12.1 Å². The van der Waals surface area contributed by atoms with Crippen LogP contribution < -0.4 is 5.32 Å². The molecule has 0 aliphatic heterocycles. The SMILES string of the molecule is CC(C)(C)OC(=O)Nc1ccc(F)c(Cl)c1C(=O)C(F)(F)F. The van der Waals surface area contributed by atoms with E-state index in [9.17, 15) is 27.2 Å². The fourth-order valence-corrected chi connectivity index (χ4v) is 1.68. The van der Waals surface area contributed by atoms with Crippen molar-refractivity contribution in [1.29, 1.82) is 0 Å². The van der Waals surface area contributed by atoms with Crippen molar-refractivity contribution in [3.8, 4) is 0 Å². The number of hydrogen-bond donors (Lipinski definition) is 1. The number of amides is 1. The summed E-state index contributed by atoms with van der Waals surface area (Å²) >= 11 is 5.43. The minimum Gasteiger partial charge on any atom is -0.444 e. The monoisotopic (exact) mass is 341 g/mol. The molecular formula is C13H12ClF4NO3. The second-order valence-corrected chi connectivity index (χ2v) is 5.62. The van der Waals surface area contributed by atoms with Crippen LogP contribution in [-0.4, -0.2) is 23.7 Å². The van der Waals surface area contributed by atoms with Gasteiger partial charge in [-0.3, -0.25) is 10.1 Å². The van der Waals surface area contributed by atoms with Gasteiger partial charge in [0.2, 0.25) is 0 Å². The molecule has 1 N–H and O–H groups in total. The molecule has 1 rings (SSSR count).